The predicted octanol–water partition coefficient (Wildman–Crippen LogP) is 4.49. The summed E-state index contributed by atoms with van der Waals surface area (Å²) < 4.78 is 27.3. The van der Waals surface area contributed by atoms with E-state index in [1.807, 2.05) is 13.0 Å². The van der Waals surface area contributed by atoms with Crippen molar-refractivity contribution in [3.63, 3.8) is 0 Å². The molecule has 31 heavy (non-hydrogen) atoms. The SMILES string of the molecule is Cc1ccc(S(=O)(=O)N(C)c2ccccc2C(=O)NCCCc2cccc(C)c2)cc1. The molecule has 3 aromatic rings. The Morgan fingerprint density at radius 3 is 2.32 bits per heavy atom. The second kappa shape index (κ2) is 9.79. The minimum absolute atomic E-state index is 0.189. The van der Waals surface area contributed by atoms with Crippen LogP contribution in [0.15, 0.2) is 77.7 Å². The molecule has 0 saturated carbocycles. The van der Waals surface area contributed by atoms with E-state index >= 15 is 0 Å². The van der Waals surface area contributed by atoms with Crippen LogP contribution in [0.4, 0.5) is 5.69 Å². The molecule has 0 saturated heterocycles. The van der Waals surface area contributed by atoms with Crippen molar-refractivity contribution in [2.75, 3.05) is 17.9 Å². The van der Waals surface area contributed by atoms with E-state index in [0.717, 1.165) is 18.4 Å². The lowest BCUT2D eigenvalue weighted by atomic mass is 10.1. The van der Waals surface area contributed by atoms with Gasteiger partial charge >= 0.3 is 0 Å². The summed E-state index contributed by atoms with van der Waals surface area (Å²) in [6, 6.07) is 21.7. The highest BCUT2D eigenvalue weighted by Crippen LogP contribution is 2.26. The molecule has 1 N–H and O–H groups in total. The number of aryl methyl sites for hydroxylation is 3. The van der Waals surface area contributed by atoms with E-state index in [1.165, 1.54) is 22.5 Å². The Labute approximate surface area is 184 Å². The second-order valence-electron chi connectivity index (χ2n) is 7.65. The average molecular weight is 437 g/mol. The number of hydrogen-bond donors (Lipinski definition) is 1. The minimum atomic E-state index is -3.78. The Morgan fingerprint density at radius 2 is 1.61 bits per heavy atom. The first-order valence-corrected chi connectivity index (χ1v) is 11.7. The van der Waals surface area contributed by atoms with Crippen LogP contribution in [-0.4, -0.2) is 27.9 Å². The van der Waals surface area contributed by atoms with Crippen molar-refractivity contribution < 1.29 is 13.2 Å². The third-order valence-electron chi connectivity index (χ3n) is 5.18. The molecule has 0 atom stereocenters. The Morgan fingerprint density at radius 1 is 0.903 bits per heavy atom. The number of benzene rings is 3. The van der Waals surface area contributed by atoms with Gasteiger partial charge in [0.05, 0.1) is 16.1 Å². The largest absolute Gasteiger partial charge is 0.352 e. The fourth-order valence-electron chi connectivity index (χ4n) is 3.40. The minimum Gasteiger partial charge on any atom is -0.352 e. The highest BCUT2D eigenvalue weighted by molar-refractivity contribution is 7.92. The maximum atomic E-state index is 13.1. The summed E-state index contributed by atoms with van der Waals surface area (Å²) in [7, 11) is -2.31. The molecule has 0 aromatic heterocycles. The summed E-state index contributed by atoms with van der Waals surface area (Å²) in [6.07, 6.45) is 1.67. The first-order valence-electron chi connectivity index (χ1n) is 10.3. The molecule has 5 nitrogen and oxygen atoms in total. The standard InChI is InChI=1S/C25H28N2O3S/c1-19-13-15-22(16-14-19)31(29,30)27(3)24-12-5-4-11-23(24)25(28)26-17-7-10-21-9-6-8-20(2)18-21/h4-6,8-9,11-16,18H,7,10,17H2,1-3H3,(H,26,28). The molecule has 1 amide bonds. The highest BCUT2D eigenvalue weighted by atomic mass is 32.2. The lowest BCUT2D eigenvalue weighted by Gasteiger charge is -2.22. The van der Waals surface area contributed by atoms with Crippen LogP contribution in [0, 0.1) is 13.8 Å². The van der Waals surface area contributed by atoms with Gasteiger partial charge in [-0.3, -0.25) is 9.10 Å². The number of anilines is 1. The van der Waals surface area contributed by atoms with Gasteiger partial charge in [-0.05, 0) is 56.5 Å². The smallest absolute Gasteiger partial charge is 0.264 e. The molecule has 0 aliphatic rings. The maximum Gasteiger partial charge on any atom is 0.264 e. The summed E-state index contributed by atoms with van der Waals surface area (Å²) in [4.78, 5) is 13.0. The number of amides is 1. The quantitative estimate of drug-likeness (QED) is 0.529. The number of carbonyl (C=O) groups excluding carboxylic acids is 1. The molecule has 0 bridgehead atoms. The van der Waals surface area contributed by atoms with E-state index in [-0.39, 0.29) is 10.8 Å². The molecule has 162 valence electrons. The highest BCUT2D eigenvalue weighted by Gasteiger charge is 2.24. The summed E-state index contributed by atoms with van der Waals surface area (Å²) in [5.41, 5.74) is 4.11. The first kappa shape index (κ1) is 22.6. The molecule has 3 rings (SSSR count). The maximum absolute atomic E-state index is 13.1. The van der Waals surface area contributed by atoms with Gasteiger partial charge in [0.1, 0.15) is 0 Å². The van der Waals surface area contributed by atoms with Crippen LogP contribution < -0.4 is 9.62 Å². The zero-order valence-corrected chi connectivity index (χ0v) is 18.9. The number of carbonyl (C=O) groups is 1. The van der Waals surface area contributed by atoms with Crippen molar-refractivity contribution in [3.05, 3.63) is 95.1 Å². The van der Waals surface area contributed by atoms with Crippen LogP contribution in [0.2, 0.25) is 0 Å². The van der Waals surface area contributed by atoms with Crippen molar-refractivity contribution in [1.29, 1.82) is 0 Å². The molecule has 0 radical (unpaired) electrons. The molecule has 0 unspecified atom stereocenters. The molecule has 0 aliphatic carbocycles. The fourth-order valence-corrected chi connectivity index (χ4v) is 4.61. The van der Waals surface area contributed by atoms with Gasteiger partial charge in [-0.2, -0.15) is 0 Å². The molecule has 0 spiro atoms. The summed E-state index contributed by atoms with van der Waals surface area (Å²) in [6.45, 7) is 4.47. The molecule has 3 aromatic carbocycles. The Bertz CT molecular complexity index is 1160. The summed E-state index contributed by atoms with van der Waals surface area (Å²) in [5.74, 6) is -0.286. The number of sulfonamides is 1. The average Bonchev–Trinajstić information content (AvgIpc) is 2.76. The monoisotopic (exact) mass is 436 g/mol. The third-order valence-corrected chi connectivity index (χ3v) is 6.96. The van der Waals surface area contributed by atoms with Gasteiger partial charge in [0, 0.05) is 13.6 Å². The summed E-state index contributed by atoms with van der Waals surface area (Å²) in [5, 5.41) is 2.92. The number of nitrogens with zero attached hydrogens (tertiary/aromatic N) is 1. The molecule has 0 fully saturated rings. The second-order valence-corrected chi connectivity index (χ2v) is 9.62. The van der Waals surface area contributed by atoms with E-state index in [1.54, 1.807) is 48.5 Å². The van der Waals surface area contributed by atoms with Gasteiger partial charge in [-0.15, -0.1) is 0 Å². The number of nitrogens with one attached hydrogen (secondary N) is 1. The number of rotatable bonds is 8. The topological polar surface area (TPSA) is 66.5 Å². The Hall–Kier alpha value is -3.12. The molecule has 6 heteroatoms. The lowest BCUT2D eigenvalue weighted by molar-refractivity contribution is 0.0954. The fraction of sp³-hybridized carbons (Fsp3) is 0.240. The number of para-hydroxylation sites is 1. The lowest BCUT2D eigenvalue weighted by Crippen LogP contribution is -2.31. The summed E-state index contributed by atoms with van der Waals surface area (Å²) >= 11 is 0. The van der Waals surface area contributed by atoms with Crippen molar-refractivity contribution in [1.82, 2.24) is 5.32 Å². The van der Waals surface area contributed by atoms with Gasteiger partial charge in [-0.1, -0.05) is 59.7 Å². The van der Waals surface area contributed by atoms with Crippen LogP contribution in [0.1, 0.15) is 33.5 Å². The van der Waals surface area contributed by atoms with Crippen molar-refractivity contribution >= 4 is 21.6 Å². The zero-order chi connectivity index (χ0) is 22.4. The molecule has 0 aliphatic heterocycles. The first-order chi connectivity index (χ1) is 14.8. The van der Waals surface area contributed by atoms with E-state index in [9.17, 15) is 13.2 Å². The van der Waals surface area contributed by atoms with Crippen molar-refractivity contribution in [2.45, 2.75) is 31.6 Å². The van der Waals surface area contributed by atoms with E-state index < -0.39 is 10.0 Å². The van der Waals surface area contributed by atoms with Gasteiger partial charge in [-0.25, -0.2) is 8.42 Å². The number of hydrogen-bond acceptors (Lipinski definition) is 3. The van der Waals surface area contributed by atoms with Gasteiger partial charge in [0.2, 0.25) is 0 Å². The van der Waals surface area contributed by atoms with Crippen molar-refractivity contribution in [3.8, 4) is 0 Å². The Balaban J connectivity index is 1.70. The predicted molar refractivity (Wildman–Crippen MR) is 125 cm³/mol. The molecule has 0 heterocycles. The van der Waals surface area contributed by atoms with E-state index in [2.05, 4.69) is 30.4 Å². The third kappa shape index (κ3) is 5.52. The molecular weight excluding hydrogens is 408 g/mol. The van der Waals surface area contributed by atoms with E-state index in [4.69, 9.17) is 0 Å². The van der Waals surface area contributed by atoms with E-state index in [0.29, 0.717) is 17.8 Å². The van der Waals surface area contributed by atoms with Crippen LogP contribution in [-0.2, 0) is 16.4 Å². The van der Waals surface area contributed by atoms with Gasteiger partial charge < -0.3 is 5.32 Å². The van der Waals surface area contributed by atoms with Crippen LogP contribution in [0.3, 0.4) is 0 Å². The van der Waals surface area contributed by atoms with Crippen molar-refractivity contribution in [2.24, 2.45) is 0 Å². The molecular formula is C25H28N2O3S. The van der Waals surface area contributed by atoms with Crippen LogP contribution in [0.25, 0.3) is 0 Å². The van der Waals surface area contributed by atoms with Gasteiger partial charge in [0.25, 0.3) is 15.9 Å². The van der Waals surface area contributed by atoms with Crippen LogP contribution >= 0.6 is 0 Å². The Kier molecular flexibility index (Phi) is 7.13. The zero-order valence-electron chi connectivity index (χ0n) is 18.1. The van der Waals surface area contributed by atoms with Crippen LogP contribution in [0.5, 0.6) is 0 Å². The van der Waals surface area contributed by atoms with Gasteiger partial charge in [0.15, 0.2) is 0 Å². The normalized spacial score (nSPS) is 11.2.